The van der Waals surface area contributed by atoms with Crippen molar-refractivity contribution in [3.63, 3.8) is 0 Å². The van der Waals surface area contributed by atoms with Crippen LogP contribution in [0.5, 0.6) is 5.75 Å². The number of benzene rings is 1. The second kappa shape index (κ2) is 4.24. The quantitative estimate of drug-likeness (QED) is 0.732. The van der Waals surface area contributed by atoms with Gasteiger partial charge in [-0.05, 0) is 0 Å². The Kier molecular flexibility index (Phi) is 3.45. The van der Waals surface area contributed by atoms with Crippen LogP contribution in [0.3, 0.4) is 0 Å². The first-order chi connectivity index (χ1) is 6.39. The Labute approximate surface area is 90.0 Å². The zero-order valence-corrected chi connectivity index (χ0v) is 10.1. The average Bonchev–Trinajstić information content (AvgIpc) is 2.01. The molecular formula is C10H13O3Ti. The zero-order valence-electron chi connectivity index (χ0n) is 8.53. The van der Waals surface area contributed by atoms with Gasteiger partial charge in [-0.25, -0.2) is 0 Å². The van der Waals surface area contributed by atoms with Crippen LogP contribution < -0.4 is 3.32 Å². The third-order valence-corrected chi connectivity index (χ3v) is 2.53. The van der Waals surface area contributed by atoms with Crippen molar-refractivity contribution in [2.24, 2.45) is 0 Å². The summed E-state index contributed by atoms with van der Waals surface area (Å²) in [6, 6.07) is 7.18. The van der Waals surface area contributed by atoms with Crippen molar-refractivity contribution in [2.45, 2.75) is 26.2 Å². The molecule has 0 spiro atoms. The van der Waals surface area contributed by atoms with Crippen LogP contribution in [-0.2, 0) is 30.3 Å². The fourth-order valence-electron chi connectivity index (χ4n) is 1.12. The van der Waals surface area contributed by atoms with E-state index < -0.39 is 18.2 Å². The maximum atomic E-state index is 10.4. The van der Waals surface area contributed by atoms with Gasteiger partial charge in [0.25, 0.3) is 0 Å². The van der Waals surface area contributed by atoms with Gasteiger partial charge in [0.05, 0.1) is 0 Å². The monoisotopic (exact) mass is 229 g/mol. The summed E-state index contributed by atoms with van der Waals surface area (Å²) in [7, 11) is 0. The van der Waals surface area contributed by atoms with Crippen LogP contribution in [0, 0.1) is 0 Å². The van der Waals surface area contributed by atoms with Crippen molar-refractivity contribution in [1.82, 2.24) is 0 Å². The Balaban J connectivity index is 3.01. The molecular weight excluding hydrogens is 216 g/mol. The van der Waals surface area contributed by atoms with E-state index in [1.165, 1.54) is 0 Å². The minimum atomic E-state index is -3.71. The summed E-state index contributed by atoms with van der Waals surface area (Å²) in [5.74, 6) is 0.414. The van der Waals surface area contributed by atoms with Crippen molar-refractivity contribution in [3.8, 4) is 5.75 Å². The molecule has 0 aliphatic rings. The van der Waals surface area contributed by atoms with Crippen molar-refractivity contribution in [2.75, 3.05) is 0 Å². The fourth-order valence-corrected chi connectivity index (χ4v) is 1.62. The SMILES string of the molecule is CC(C)(C)c1cccc([O][Ti](=[O])=[O])c1. The minimum absolute atomic E-state index is 0.00526. The molecule has 1 rings (SSSR count). The molecule has 0 fully saturated rings. The van der Waals surface area contributed by atoms with Crippen LogP contribution in [-0.4, -0.2) is 0 Å². The fraction of sp³-hybridized carbons (Fsp3) is 0.400. The molecule has 14 heavy (non-hydrogen) atoms. The molecule has 1 aromatic rings. The Morgan fingerprint density at radius 1 is 1.21 bits per heavy atom. The van der Waals surface area contributed by atoms with E-state index in [0.29, 0.717) is 5.75 Å². The second-order valence-electron chi connectivity index (χ2n) is 4.13. The summed E-state index contributed by atoms with van der Waals surface area (Å²) in [6.45, 7) is 6.20. The number of hydrogen-bond donors (Lipinski definition) is 0. The molecule has 4 heteroatoms. The van der Waals surface area contributed by atoms with Crippen LogP contribution in [0.2, 0.25) is 0 Å². The van der Waals surface area contributed by atoms with Gasteiger partial charge >= 0.3 is 89.9 Å². The van der Waals surface area contributed by atoms with Gasteiger partial charge in [0.2, 0.25) is 0 Å². The van der Waals surface area contributed by atoms with Crippen LogP contribution in [0.1, 0.15) is 26.3 Å². The third-order valence-electron chi connectivity index (χ3n) is 1.90. The summed E-state index contributed by atoms with van der Waals surface area (Å²) in [5.41, 5.74) is 1.07. The molecule has 0 aliphatic carbocycles. The molecule has 1 aromatic carbocycles. The average molecular weight is 229 g/mol. The zero-order chi connectivity index (χ0) is 10.8. The van der Waals surface area contributed by atoms with Gasteiger partial charge in [-0.3, -0.25) is 0 Å². The van der Waals surface area contributed by atoms with E-state index in [4.69, 9.17) is 3.32 Å². The van der Waals surface area contributed by atoms with Gasteiger partial charge in [0.1, 0.15) is 0 Å². The van der Waals surface area contributed by atoms with Crippen molar-refractivity contribution >= 4 is 0 Å². The molecule has 0 amide bonds. The topological polar surface area (TPSA) is 43.4 Å². The molecule has 0 saturated carbocycles. The molecule has 75 valence electrons. The molecule has 0 bridgehead atoms. The number of rotatable bonds is 2. The molecule has 0 saturated heterocycles. The van der Waals surface area contributed by atoms with E-state index >= 15 is 0 Å². The van der Waals surface area contributed by atoms with E-state index in [1.807, 2.05) is 6.07 Å². The van der Waals surface area contributed by atoms with Crippen LogP contribution in [0.25, 0.3) is 0 Å². The molecule has 0 unspecified atom stereocenters. The molecule has 0 atom stereocenters. The van der Waals surface area contributed by atoms with E-state index in [2.05, 4.69) is 20.8 Å². The molecule has 0 N–H and O–H groups in total. The Bertz CT molecular complexity index is 381. The number of hydrogen-bond acceptors (Lipinski definition) is 3. The first-order valence-corrected chi connectivity index (χ1v) is 6.30. The predicted octanol–water partition coefficient (Wildman–Crippen LogP) is 2.59. The summed E-state index contributed by atoms with van der Waals surface area (Å²) >= 11 is -3.71. The van der Waals surface area contributed by atoms with Crippen LogP contribution in [0.4, 0.5) is 0 Å². The summed E-state index contributed by atoms with van der Waals surface area (Å²) in [4.78, 5) is 0. The van der Waals surface area contributed by atoms with Crippen molar-refractivity contribution in [3.05, 3.63) is 29.8 Å². The summed E-state index contributed by atoms with van der Waals surface area (Å²) in [6.07, 6.45) is 0. The van der Waals surface area contributed by atoms with E-state index in [0.717, 1.165) is 5.56 Å². The molecule has 0 heterocycles. The van der Waals surface area contributed by atoms with Gasteiger partial charge in [0, 0.05) is 0 Å². The van der Waals surface area contributed by atoms with E-state index in [9.17, 15) is 6.65 Å². The normalized spacial score (nSPS) is 11.1. The van der Waals surface area contributed by atoms with Gasteiger partial charge in [-0.2, -0.15) is 0 Å². The molecule has 3 nitrogen and oxygen atoms in total. The van der Waals surface area contributed by atoms with Gasteiger partial charge in [-0.1, -0.05) is 0 Å². The van der Waals surface area contributed by atoms with E-state index in [-0.39, 0.29) is 5.41 Å². The molecule has 0 aromatic heterocycles. The van der Waals surface area contributed by atoms with Gasteiger partial charge in [0.15, 0.2) is 0 Å². The maximum absolute atomic E-state index is 10.4. The van der Waals surface area contributed by atoms with Crippen molar-refractivity contribution < 1.29 is 28.2 Å². The van der Waals surface area contributed by atoms with Crippen molar-refractivity contribution in [1.29, 1.82) is 0 Å². The van der Waals surface area contributed by atoms with Crippen LogP contribution in [0.15, 0.2) is 24.3 Å². The first-order valence-electron chi connectivity index (χ1n) is 4.39. The van der Waals surface area contributed by atoms with Gasteiger partial charge < -0.3 is 0 Å². The second-order valence-corrected chi connectivity index (χ2v) is 5.23. The Morgan fingerprint density at radius 2 is 1.86 bits per heavy atom. The Hall–Kier alpha value is -0.666. The molecule has 0 radical (unpaired) electrons. The van der Waals surface area contributed by atoms with Crippen LogP contribution >= 0.6 is 0 Å². The van der Waals surface area contributed by atoms with Gasteiger partial charge in [-0.15, -0.1) is 0 Å². The molecule has 0 aliphatic heterocycles. The summed E-state index contributed by atoms with van der Waals surface area (Å²) < 4.78 is 25.6. The predicted molar refractivity (Wildman–Crippen MR) is 47.1 cm³/mol. The standard InChI is InChI=1S/C10H14O.2O.Ti/c1-10(2,3)8-5-4-6-9(11)7-8;;;/h4-7,11H,1-3H3;;;/q;;;+1/p-1. The third kappa shape index (κ3) is 3.24. The Morgan fingerprint density at radius 3 is 2.36 bits per heavy atom. The summed E-state index contributed by atoms with van der Waals surface area (Å²) in [5, 5.41) is 0. The first kappa shape index (κ1) is 11.4. The van der Waals surface area contributed by atoms with E-state index in [1.54, 1.807) is 18.2 Å².